The minimum Gasteiger partial charge on any atom is -0.489 e. The molecule has 2 atom stereocenters. The zero-order chi connectivity index (χ0) is 18.8. The third-order valence-corrected chi connectivity index (χ3v) is 6.14. The number of rotatable bonds is 5. The maximum atomic E-state index is 13.1. The molecule has 4 rings (SSSR count). The van der Waals surface area contributed by atoms with E-state index in [1.54, 1.807) is 0 Å². The van der Waals surface area contributed by atoms with Gasteiger partial charge in [-0.25, -0.2) is 0 Å². The highest BCUT2D eigenvalue weighted by molar-refractivity contribution is 5.97. The number of benzene rings is 1. The average Bonchev–Trinajstić information content (AvgIpc) is 3.32. The third kappa shape index (κ3) is 3.81. The minimum atomic E-state index is 0.0237. The largest absolute Gasteiger partial charge is 0.489 e. The number of fused-ring (bicyclic) bond motifs is 2. The van der Waals surface area contributed by atoms with Crippen molar-refractivity contribution in [2.24, 2.45) is 5.92 Å². The topological polar surface area (TPSA) is 59.1 Å². The van der Waals surface area contributed by atoms with E-state index in [9.17, 15) is 9.59 Å². The first kappa shape index (κ1) is 18.3. The van der Waals surface area contributed by atoms with Gasteiger partial charge in [0.25, 0.3) is 5.91 Å². The maximum Gasteiger partial charge on any atom is 0.257 e. The van der Waals surface area contributed by atoms with Gasteiger partial charge < -0.3 is 19.3 Å². The second kappa shape index (κ2) is 7.89. The zero-order valence-electron chi connectivity index (χ0n) is 15.9. The zero-order valence-corrected chi connectivity index (χ0v) is 15.9. The number of carbonyl (C=O) groups is 2. The maximum absolute atomic E-state index is 13.1. The standard InChI is InChI=1S/C21H28N2O4/c1-26-14-20(24)22-10-8-17(9-11-22)27-19-5-3-2-4-18(19)21(25)23-13-15-6-7-16(23)12-15/h2-5,15-17H,6-14H2,1H3/t15-,16-/m1/s1. The van der Waals surface area contributed by atoms with Gasteiger partial charge >= 0.3 is 0 Å². The Morgan fingerprint density at radius 2 is 1.89 bits per heavy atom. The Bertz CT molecular complexity index is 699. The van der Waals surface area contributed by atoms with Crippen molar-refractivity contribution in [3.8, 4) is 5.75 Å². The van der Waals surface area contributed by atoms with Gasteiger partial charge in [-0.2, -0.15) is 0 Å². The van der Waals surface area contributed by atoms with E-state index >= 15 is 0 Å². The summed E-state index contributed by atoms with van der Waals surface area (Å²) in [7, 11) is 1.54. The molecule has 27 heavy (non-hydrogen) atoms. The number of ether oxygens (including phenoxy) is 2. The Kier molecular flexibility index (Phi) is 5.34. The summed E-state index contributed by atoms with van der Waals surface area (Å²) in [4.78, 5) is 28.9. The molecule has 3 aliphatic rings. The Balaban J connectivity index is 1.39. The second-order valence-corrected chi connectivity index (χ2v) is 7.92. The van der Waals surface area contributed by atoms with E-state index in [1.165, 1.54) is 13.5 Å². The molecule has 2 bridgehead atoms. The van der Waals surface area contributed by atoms with Crippen LogP contribution in [0.3, 0.4) is 0 Å². The SMILES string of the molecule is COCC(=O)N1CCC(Oc2ccccc2C(=O)N2C[C@@H]3CC[C@@H]2C3)CC1. The van der Waals surface area contributed by atoms with Crippen molar-refractivity contribution in [1.82, 2.24) is 9.80 Å². The van der Waals surface area contributed by atoms with Crippen LogP contribution in [-0.2, 0) is 9.53 Å². The van der Waals surface area contributed by atoms with Crippen molar-refractivity contribution in [1.29, 1.82) is 0 Å². The molecule has 3 fully saturated rings. The van der Waals surface area contributed by atoms with Crippen LogP contribution < -0.4 is 4.74 Å². The van der Waals surface area contributed by atoms with Gasteiger partial charge in [0.2, 0.25) is 5.91 Å². The van der Waals surface area contributed by atoms with E-state index in [1.807, 2.05) is 34.1 Å². The molecule has 6 heteroatoms. The predicted molar refractivity (Wildman–Crippen MR) is 101 cm³/mol. The number of likely N-dealkylation sites (tertiary alicyclic amines) is 2. The predicted octanol–water partition coefficient (Wildman–Crippen LogP) is 2.33. The monoisotopic (exact) mass is 372 g/mol. The first-order valence-corrected chi connectivity index (χ1v) is 9.99. The fraction of sp³-hybridized carbons (Fsp3) is 0.619. The summed E-state index contributed by atoms with van der Waals surface area (Å²) in [6, 6.07) is 8.00. The average molecular weight is 372 g/mol. The highest BCUT2D eigenvalue weighted by atomic mass is 16.5. The fourth-order valence-electron chi connectivity index (χ4n) is 4.69. The van der Waals surface area contributed by atoms with Crippen LogP contribution in [0.2, 0.25) is 0 Å². The molecule has 1 aromatic carbocycles. The van der Waals surface area contributed by atoms with Crippen LogP contribution in [0, 0.1) is 5.92 Å². The highest BCUT2D eigenvalue weighted by Crippen LogP contribution is 2.39. The quantitative estimate of drug-likeness (QED) is 0.796. The molecule has 146 valence electrons. The summed E-state index contributed by atoms with van der Waals surface area (Å²) >= 11 is 0. The van der Waals surface area contributed by atoms with E-state index in [0.29, 0.717) is 36.4 Å². The number of piperidine rings is 2. The van der Waals surface area contributed by atoms with Crippen LogP contribution in [0.4, 0.5) is 0 Å². The number of nitrogens with zero attached hydrogens (tertiary/aromatic N) is 2. The van der Waals surface area contributed by atoms with Crippen molar-refractivity contribution >= 4 is 11.8 Å². The summed E-state index contributed by atoms with van der Waals surface area (Å²) in [5, 5.41) is 0. The van der Waals surface area contributed by atoms with Gasteiger partial charge in [0.05, 0.1) is 5.56 Å². The normalized spacial score (nSPS) is 25.1. The molecule has 1 aliphatic carbocycles. The Labute approximate surface area is 160 Å². The number of hydrogen-bond acceptors (Lipinski definition) is 4. The molecule has 1 aromatic rings. The van der Waals surface area contributed by atoms with Crippen LogP contribution >= 0.6 is 0 Å². The van der Waals surface area contributed by atoms with Gasteiger partial charge in [0.15, 0.2) is 0 Å². The molecule has 2 amide bonds. The van der Waals surface area contributed by atoms with Crippen LogP contribution in [0.1, 0.15) is 42.5 Å². The smallest absolute Gasteiger partial charge is 0.257 e. The van der Waals surface area contributed by atoms with Crippen molar-refractivity contribution < 1.29 is 19.1 Å². The van der Waals surface area contributed by atoms with E-state index in [0.717, 1.165) is 32.2 Å². The molecular weight excluding hydrogens is 344 g/mol. The van der Waals surface area contributed by atoms with Crippen LogP contribution in [0.5, 0.6) is 5.75 Å². The Hall–Kier alpha value is -2.08. The summed E-state index contributed by atoms with van der Waals surface area (Å²) in [5.74, 6) is 1.48. The molecule has 1 saturated carbocycles. The summed E-state index contributed by atoms with van der Waals surface area (Å²) in [6.07, 6.45) is 5.11. The highest BCUT2D eigenvalue weighted by Gasteiger charge is 2.41. The number of amides is 2. The van der Waals surface area contributed by atoms with Crippen LogP contribution in [-0.4, -0.2) is 67.1 Å². The van der Waals surface area contributed by atoms with Crippen molar-refractivity contribution in [3.05, 3.63) is 29.8 Å². The second-order valence-electron chi connectivity index (χ2n) is 7.92. The molecule has 6 nitrogen and oxygen atoms in total. The number of para-hydroxylation sites is 1. The lowest BCUT2D eigenvalue weighted by Crippen LogP contribution is -2.43. The molecule has 0 aromatic heterocycles. The molecule has 2 aliphatic heterocycles. The number of carbonyl (C=O) groups excluding carboxylic acids is 2. The first-order chi connectivity index (χ1) is 13.2. The van der Waals surface area contributed by atoms with Crippen LogP contribution in [0.15, 0.2) is 24.3 Å². The van der Waals surface area contributed by atoms with Gasteiger partial charge in [-0.3, -0.25) is 9.59 Å². The fourth-order valence-corrected chi connectivity index (χ4v) is 4.69. The van der Waals surface area contributed by atoms with Gasteiger partial charge in [0, 0.05) is 45.6 Å². The van der Waals surface area contributed by atoms with E-state index in [-0.39, 0.29) is 24.5 Å². The first-order valence-electron chi connectivity index (χ1n) is 9.99. The minimum absolute atomic E-state index is 0.0237. The summed E-state index contributed by atoms with van der Waals surface area (Å²) in [6.45, 7) is 2.34. The Morgan fingerprint density at radius 1 is 1.11 bits per heavy atom. The third-order valence-electron chi connectivity index (χ3n) is 6.14. The molecule has 0 N–H and O–H groups in total. The van der Waals surface area contributed by atoms with Gasteiger partial charge in [0.1, 0.15) is 18.5 Å². The van der Waals surface area contributed by atoms with E-state index in [2.05, 4.69) is 0 Å². The van der Waals surface area contributed by atoms with Crippen LogP contribution in [0.25, 0.3) is 0 Å². The summed E-state index contributed by atoms with van der Waals surface area (Å²) < 4.78 is 11.1. The Morgan fingerprint density at radius 3 is 2.56 bits per heavy atom. The van der Waals surface area contributed by atoms with Crippen molar-refractivity contribution in [2.45, 2.75) is 44.2 Å². The molecule has 0 spiro atoms. The van der Waals surface area contributed by atoms with Gasteiger partial charge in [-0.1, -0.05) is 12.1 Å². The van der Waals surface area contributed by atoms with Crippen molar-refractivity contribution in [3.63, 3.8) is 0 Å². The van der Waals surface area contributed by atoms with Gasteiger partial charge in [-0.15, -0.1) is 0 Å². The van der Waals surface area contributed by atoms with E-state index in [4.69, 9.17) is 9.47 Å². The lowest BCUT2D eigenvalue weighted by Gasteiger charge is -2.33. The molecule has 2 saturated heterocycles. The molecular formula is C21H28N2O4. The molecule has 2 heterocycles. The van der Waals surface area contributed by atoms with Crippen molar-refractivity contribution in [2.75, 3.05) is 33.4 Å². The lowest BCUT2D eigenvalue weighted by atomic mass is 10.1. The van der Waals surface area contributed by atoms with Gasteiger partial charge in [-0.05, 0) is 37.3 Å². The molecule has 0 unspecified atom stereocenters. The lowest BCUT2D eigenvalue weighted by molar-refractivity contribution is -0.136. The molecule has 0 radical (unpaired) electrons. The summed E-state index contributed by atoms with van der Waals surface area (Å²) in [5.41, 5.74) is 0.669. The number of methoxy groups -OCH3 is 1. The number of hydrogen-bond donors (Lipinski definition) is 0. The van der Waals surface area contributed by atoms with E-state index < -0.39 is 0 Å².